The van der Waals surface area contributed by atoms with E-state index in [2.05, 4.69) is 0 Å². The van der Waals surface area contributed by atoms with Crippen LogP contribution >= 0.6 is 0 Å². The summed E-state index contributed by atoms with van der Waals surface area (Å²) in [6.45, 7) is 7.14. The van der Waals surface area contributed by atoms with Crippen LogP contribution in [0.5, 0.6) is 0 Å². The molecule has 4 rings (SSSR count). The standard InChI is InChI=1S/C21H26O8/c1-20(2)26-16-14(25-19-18(17(16)27-20)28-21(3,4)29-19)11-24-15(23)10-13(22)12-8-6-5-7-9-12/h5-9,14,16-19H,10-11H2,1-4H3/t14-,16+,17+,18-,19-/m1/s1. The molecule has 29 heavy (non-hydrogen) atoms. The van der Waals surface area contributed by atoms with Crippen LogP contribution in [0.3, 0.4) is 0 Å². The molecule has 3 saturated heterocycles. The lowest BCUT2D eigenvalue weighted by Gasteiger charge is -2.36. The zero-order valence-corrected chi connectivity index (χ0v) is 17.0. The van der Waals surface area contributed by atoms with Crippen molar-refractivity contribution in [1.29, 1.82) is 0 Å². The van der Waals surface area contributed by atoms with E-state index in [1.807, 2.05) is 13.8 Å². The first-order chi connectivity index (χ1) is 13.6. The predicted octanol–water partition coefficient (Wildman–Crippen LogP) is 2.20. The molecule has 3 aliphatic rings. The number of hydrogen-bond acceptors (Lipinski definition) is 8. The molecule has 0 saturated carbocycles. The fourth-order valence-electron chi connectivity index (χ4n) is 3.91. The van der Waals surface area contributed by atoms with Crippen LogP contribution in [-0.2, 0) is 33.2 Å². The van der Waals surface area contributed by atoms with Crippen LogP contribution in [-0.4, -0.2) is 60.6 Å². The molecule has 158 valence electrons. The van der Waals surface area contributed by atoms with Crippen LogP contribution in [0, 0.1) is 0 Å². The van der Waals surface area contributed by atoms with Crippen molar-refractivity contribution in [2.24, 2.45) is 0 Å². The van der Waals surface area contributed by atoms with Gasteiger partial charge in [0.1, 0.15) is 37.4 Å². The summed E-state index contributed by atoms with van der Waals surface area (Å²) in [6.07, 6.45) is -2.94. The number of ether oxygens (including phenoxy) is 6. The van der Waals surface area contributed by atoms with Gasteiger partial charge in [-0.3, -0.25) is 9.59 Å². The molecule has 0 radical (unpaired) electrons. The smallest absolute Gasteiger partial charge is 0.313 e. The number of rotatable bonds is 5. The van der Waals surface area contributed by atoms with Crippen molar-refractivity contribution in [2.75, 3.05) is 6.61 Å². The normalized spacial score (nSPS) is 34.3. The summed E-state index contributed by atoms with van der Waals surface area (Å²) >= 11 is 0. The predicted molar refractivity (Wildman–Crippen MR) is 98.9 cm³/mol. The Balaban J connectivity index is 1.39. The molecule has 0 N–H and O–H groups in total. The van der Waals surface area contributed by atoms with Gasteiger partial charge in [0.15, 0.2) is 23.6 Å². The van der Waals surface area contributed by atoms with Crippen molar-refractivity contribution in [2.45, 2.75) is 76.4 Å². The summed E-state index contributed by atoms with van der Waals surface area (Å²) in [6, 6.07) is 8.62. The number of ketones is 1. The lowest BCUT2D eigenvalue weighted by atomic mass is 9.99. The molecule has 0 aliphatic carbocycles. The van der Waals surface area contributed by atoms with Gasteiger partial charge in [-0.2, -0.15) is 0 Å². The Bertz CT molecular complexity index is 774. The lowest BCUT2D eigenvalue weighted by Crippen LogP contribution is -2.56. The molecule has 1 aromatic carbocycles. The third kappa shape index (κ3) is 4.36. The molecule has 0 aromatic heterocycles. The van der Waals surface area contributed by atoms with Crippen LogP contribution in [0.2, 0.25) is 0 Å². The molecular formula is C21H26O8. The van der Waals surface area contributed by atoms with Crippen molar-refractivity contribution < 1.29 is 38.0 Å². The van der Waals surface area contributed by atoms with Gasteiger partial charge in [0.25, 0.3) is 0 Å². The summed E-state index contributed by atoms with van der Waals surface area (Å²) < 4.78 is 35.1. The fraction of sp³-hybridized carbons (Fsp3) is 0.619. The Morgan fingerprint density at radius 1 is 0.897 bits per heavy atom. The molecule has 8 heteroatoms. The van der Waals surface area contributed by atoms with Gasteiger partial charge in [-0.05, 0) is 27.7 Å². The van der Waals surface area contributed by atoms with Gasteiger partial charge in [0, 0.05) is 5.56 Å². The quantitative estimate of drug-likeness (QED) is 0.418. The molecule has 0 spiro atoms. The van der Waals surface area contributed by atoms with Gasteiger partial charge in [-0.25, -0.2) is 0 Å². The molecule has 0 unspecified atom stereocenters. The molecule has 3 aliphatic heterocycles. The minimum Gasteiger partial charge on any atom is -0.462 e. The van der Waals surface area contributed by atoms with E-state index in [9.17, 15) is 9.59 Å². The maximum atomic E-state index is 12.2. The Hall–Kier alpha value is -1.84. The Morgan fingerprint density at radius 2 is 1.52 bits per heavy atom. The van der Waals surface area contributed by atoms with Crippen molar-refractivity contribution >= 4 is 11.8 Å². The fourth-order valence-corrected chi connectivity index (χ4v) is 3.91. The molecule has 5 atom stereocenters. The van der Waals surface area contributed by atoms with E-state index in [1.54, 1.807) is 44.2 Å². The number of fused-ring (bicyclic) bond motifs is 3. The first kappa shape index (κ1) is 20.4. The molecule has 0 bridgehead atoms. The van der Waals surface area contributed by atoms with Crippen molar-refractivity contribution in [3.05, 3.63) is 35.9 Å². The number of benzene rings is 1. The lowest BCUT2D eigenvalue weighted by molar-refractivity contribution is -0.242. The summed E-state index contributed by atoms with van der Waals surface area (Å²) in [5, 5.41) is 0. The summed E-state index contributed by atoms with van der Waals surface area (Å²) in [7, 11) is 0. The molecule has 1 aromatic rings. The van der Waals surface area contributed by atoms with Gasteiger partial charge >= 0.3 is 5.97 Å². The highest BCUT2D eigenvalue weighted by atomic mass is 16.9. The molecule has 3 heterocycles. The summed E-state index contributed by atoms with van der Waals surface area (Å²) in [5.41, 5.74) is 0.467. The Kier molecular flexibility index (Phi) is 5.25. The van der Waals surface area contributed by atoms with E-state index in [1.165, 1.54) is 0 Å². The Morgan fingerprint density at radius 3 is 2.24 bits per heavy atom. The molecular weight excluding hydrogens is 380 g/mol. The average Bonchev–Trinajstić information content (AvgIpc) is 3.14. The van der Waals surface area contributed by atoms with E-state index in [0.717, 1.165) is 0 Å². The topological polar surface area (TPSA) is 89.5 Å². The molecule has 0 amide bonds. The SMILES string of the molecule is CC1(C)O[C@H]2[C@@H](O1)[C@@H](COC(=O)CC(=O)c1ccccc1)O[C@@H]1OC(C)(C)O[C@@H]12. The van der Waals surface area contributed by atoms with E-state index in [-0.39, 0.29) is 18.8 Å². The second kappa shape index (κ2) is 7.45. The number of Topliss-reactive ketones (excluding diaryl/α,β-unsaturated/α-hetero) is 1. The number of carbonyl (C=O) groups excluding carboxylic acids is 2. The van der Waals surface area contributed by atoms with Crippen LogP contribution < -0.4 is 0 Å². The average molecular weight is 406 g/mol. The first-order valence-corrected chi connectivity index (χ1v) is 9.74. The van der Waals surface area contributed by atoms with Gasteiger partial charge in [-0.1, -0.05) is 30.3 Å². The van der Waals surface area contributed by atoms with Gasteiger partial charge in [0.2, 0.25) is 0 Å². The van der Waals surface area contributed by atoms with Gasteiger partial charge < -0.3 is 28.4 Å². The maximum absolute atomic E-state index is 12.2. The van der Waals surface area contributed by atoms with Gasteiger partial charge in [0.05, 0.1) is 0 Å². The van der Waals surface area contributed by atoms with Crippen LogP contribution in [0.4, 0.5) is 0 Å². The van der Waals surface area contributed by atoms with Crippen molar-refractivity contribution in [3.8, 4) is 0 Å². The largest absolute Gasteiger partial charge is 0.462 e. The van der Waals surface area contributed by atoms with E-state index >= 15 is 0 Å². The zero-order chi connectivity index (χ0) is 20.8. The number of hydrogen-bond donors (Lipinski definition) is 0. The highest BCUT2D eigenvalue weighted by Crippen LogP contribution is 2.44. The number of carbonyl (C=O) groups is 2. The van der Waals surface area contributed by atoms with Gasteiger partial charge in [-0.15, -0.1) is 0 Å². The third-order valence-electron chi connectivity index (χ3n) is 5.06. The van der Waals surface area contributed by atoms with Crippen molar-refractivity contribution in [3.63, 3.8) is 0 Å². The third-order valence-corrected chi connectivity index (χ3v) is 5.06. The van der Waals surface area contributed by atoms with Crippen LogP contribution in [0.1, 0.15) is 44.5 Å². The monoisotopic (exact) mass is 406 g/mol. The molecule has 3 fully saturated rings. The van der Waals surface area contributed by atoms with E-state index < -0.39 is 48.2 Å². The first-order valence-electron chi connectivity index (χ1n) is 9.74. The maximum Gasteiger partial charge on any atom is 0.313 e. The minimum atomic E-state index is -0.824. The highest BCUT2D eigenvalue weighted by Gasteiger charge is 2.60. The minimum absolute atomic E-state index is 0.0749. The highest BCUT2D eigenvalue weighted by molar-refractivity contribution is 6.05. The van der Waals surface area contributed by atoms with Crippen LogP contribution in [0.15, 0.2) is 30.3 Å². The molecule has 8 nitrogen and oxygen atoms in total. The van der Waals surface area contributed by atoms with Crippen LogP contribution in [0.25, 0.3) is 0 Å². The summed E-state index contributed by atoms with van der Waals surface area (Å²) in [5.74, 6) is -2.56. The summed E-state index contributed by atoms with van der Waals surface area (Å²) in [4.78, 5) is 24.4. The zero-order valence-electron chi connectivity index (χ0n) is 17.0. The second-order valence-electron chi connectivity index (χ2n) is 8.36. The number of esters is 1. The van der Waals surface area contributed by atoms with E-state index in [0.29, 0.717) is 5.56 Å². The Labute approximate surface area is 169 Å². The van der Waals surface area contributed by atoms with Crippen molar-refractivity contribution in [1.82, 2.24) is 0 Å². The van der Waals surface area contributed by atoms with E-state index in [4.69, 9.17) is 28.4 Å². The second-order valence-corrected chi connectivity index (χ2v) is 8.36.